The maximum atomic E-state index is 12.8. The highest BCUT2D eigenvalue weighted by atomic mass is 31.2. The molecule has 0 amide bonds. The minimum absolute atomic E-state index is 0.0252. The quantitative estimate of drug-likeness (QED) is 0.0197. The van der Waals surface area contributed by atoms with Crippen molar-refractivity contribution in [2.75, 3.05) is 54.1 Å². The molecule has 0 heterocycles. The molecule has 2 unspecified atom stereocenters. The summed E-state index contributed by atoms with van der Waals surface area (Å²) in [5, 5.41) is 0. The van der Waals surface area contributed by atoms with Crippen molar-refractivity contribution >= 4 is 13.8 Å². The summed E-state index contributed by atoms with van der Waals surface area (Å²) in [4.78, 5) is 25.2. The van der Waals surface area contributed by atoms with Crippen molar-refractivity contribution in [1.82, 2.24) is 0 Å². The van der Waals surface area contributed by atoms with Crippen LogP contribution >= 0.6 is 7.82 Å². The Morgan fingerprint density at radius 2 is 0.879 bits per heavy atom. The first-order valence-electron chi connectivity index (χ1n) is 27.9. The molecular formula is C57H108NO7P. The minimum Gasteiger partial charge on any atom is -0.756 e. The van der Waals surface area contributed by atoms with E-state index in [9.17, 15) is 14.3 Å². The largest absolute Gasteiger partial charge is 0.756 e. The van der Waals surface area contributed by atoms with E-state index in [2.05, 4.69) is 62.5 Å². The predicted molar refractivity (Wildman–Crippen MR) is 282 cm³/mol. The Balaban J connectivity index is 4.08. The van der Waals surface area contributed by atoms with Gasteiger partial charge in [-0.15, -0.1) is 0 Å². The highest BCUT2D eigenvalue weighted by molar-refractivity contribution is 7.45. The first kappa shape index (κ1) is 64.5. The molecule has 0 aliphatic carbocycles. The summed E-state index contributed by atoms with van der Waals surface area (Å²) < 4.78 is 34.8. The number of phosphoric ester groups is 1. The van der Waals surface area contributed by atoms with E-state index in [0.29, 0.717) is 24.1 Å². The van der Waals surface area contributed by atoms with Crippen LogP contribution in [-0.2, 0) is 27.9 Å². The summed E-state index contributed by atoms with van der Waals surface area (Å²) >= 11 is 0. The lowest BCUT2D eigenvalue weighted by atomic mass is 10.0. The van der Waals surface area contributed by atoms with E-state index in [4.69, 9.17) is 18.5 Å². The molecule has 9 heteroatoms. The van der Waals surface area contributed by atoms with Crippen molar-refractivity contribution in [2.24, 2.45) is 0 Å². The van der Waals surface area contributed by atoms with Crippen LogP contribution in [0.2, 0.25) is 0 Å². The summed E-state index contributed by atoms with van der Waals surface area (Å²) in [6.45, 7) is 5.33. The van der Waals surface area contributed by atoms with Crippen LogP contribution < -0.4 is 4.89 Å². The van der Waals surface area contributed by atoms with E-state index in [0.717, 1.165) is 57.8 Å². The van der Waals surface area contributed by atoms with Gasteiger partial charge in [0, 0.05) is 13.0 Å². The number of allylic oxidation sites excluding steroid dienone is 8. The Morgan fingerprint density at radius 1 is 0.485 bits per heavy atom. The van der Waals surface area contributed by atoms with Gasteiger partial charge in [-0.25, -0.2) is 0 Å². The van der Waals surface area contributed by atoms with Crippen molar-refractivity contribution in [2.45, 2.75) is 258 Å². The summed E-state index contributed by atoms with van der Waals surface area (Å²) in [5.74, 6) is -0.332. The van der Waals surface area contributed by atoms with Gasteiger partial charge in [-0.05, 0) is 51.4 Å². The van der Waals surface area contributed by atoms with Gasteiger partial charge in [0.1, 0.15) is 19.3 Å². The number of carbonyl (C=O) groups is 1. The number of unbranched alkanes of at least 4 members (excludes halogenated alkanes) is 30. The molecule has 0 aromatic rings. The third-order valence-corrected chi connectivity index (χ3v) is 13.1. The molecule has 2 atom stereocenters. The Labute approximate surface area is 409 Å². The summed E-state index contributed by atoms with van der Waals surface area (Å²) in [7, 11) is 1.36. The van der Waals surface area contributed by atoms with Crippen LogP contribution in [0.3, 0.4) is 0 Å². The van der Waals surface area contributed by atoms with Crippen molar-refractivity contribution in [1.29, 1.82) is 0 Å². The number of esters is 1. The van der Waals surface area contributed by atoms with E-state index in [-0.39, 0.29) is 25.8 Å². The van der Waals surface area contributed by atoms with Gasteiger partial charge in [0.05, 0.1) is 34.4 Å². The zero-order valence-corrected chi connectivity index (χ0v) is 45.0. The molecule has 0 aromatic carbocycles. The average Bonchev–Trinajstić information content (AvgIpc) is 3.28. The van der Waals surface area contributed by atoms with Crippen LogP contribution in [0.25, 0.3) is 0 Å². The fraction of sp³-hybridized carbons (Fsp3) is 0.842. The molecule has 8 nitrogen and oxygen atoms in total. The summed E-state index contributed by atoms with van der Waals surface area (Å²) in [5.41, 5.74) is 0. The Morgan fingerprint density at radius 3 is 1.32 bits per heavy atom. The molecule has 0 aliphatic heterocycles. The van der Waals surface area contributed by atoms with Gasteiger partial charge in [-0.1, -0.05) is 242 Å². The van der Waals surface area contributed by atoms with E-state index >= 15 is 0 Å². The number of hydrogen-bond donors (Lipinski definition) is 0. The SMILES string of the molecule is CC/C=C\C/C=C\C/C=C\C/C=C\CCCCCCCCCCCOCC(COP(=O)([O-])OCC[N+](C)(C)C)OC(=O)CCCCCCCCCCCCCCCCCCCCCCCC. The second kappa shape index (κ2) is 49.9. The fourth-order valence-electron chi connectivity index (χ4n) is 7.89. The van der Waals surface area contributed by atoms with Gasteiger partial charge >= 0.3 is 5.97 Å². The lowest BCUT2D eigenvalue weighted by molar-refractivity contribution is -0.870. The third kappa shape index (κ3) is 53.4. The zero-order valence-electron chi connectivity index (χ0n) is 44.1. The topological polar surface area (TPSA) is 94.1 Å². The molecule has 0 aliphatic rings. The predicted octanol–water partition coefficient (Wildman–Crippen LogP) is 16.8. The van der Waals surface area contributed by atoms with Gasteiger partial charge in [0.15, 0.2) is 0 Å². The van der Waals surface area contributed by atoms with Crippen molar-refractivity contribution in [3.05, 3.63) is 48.6 Å². The number of carbonyl (C=O) groups excluding carboxylic acids is 1. The molecule has 0 aromatic heterocycles. The molecule has 66 heavy (non-hydrogen) atoms. The number of rotatable bonds is 52. The van der Waals surface area contributed by atoms with Crippen LogP contribution in [0.1, 0.15) is 251 Å². The molecule has 0 rings (SSSR count). The van der Waals surface area contributed by atoms with Crippen molar-refractivity contribution < 1.29 is 37.3 Å². The van der Waals surface area contributed by atoms with Crippen LogP contribution in [-0.4, -0.2) is 70.7 Å². The molecule has 0 N–H and O–H groups in total. The number of ether oxygens (including phenoxy) is 2. The Bertz CT molecular complexity index is 1200. The maximum Gasteiger partial charge on any atom is 0.306 e. The first-order valence-corrected chi connectivity index (χ1v) is 29.3. The fourth-order valence-corrected chi connectivity index (χ4v) is 8.62. The lowest BCUT2D eigenvalue weighted by Gasteiger charge is -2.28. The average molecular weight is 950 g/mol. The van der Waals surface area contributed by atoms with Gasteiger partial charge < -0.3 is 27.9 Å². The Hall–Kier alpha value is -1.54. The smallest absolute Gasteiger partial charge is 0.306 e. The van der Waals surface area contributed by atoms with Gasteiger partial charge in [-0.3, -0.25) is 9.36 Å². The van der Waals surface area contributed by atoms with Crippen molar-refractivity contribution in [3.8, 4) is 0 Å². The molecule has 0 fully saturated rings. The first-order chi connectivity index (χ1) is 32.1. The second-order valence-corrected chi connectivity index (χ2v) is 21.3. The summed E-state index contributed by atoms with van der Waals surface area (Å²) in [6, 6.07) is 0. The molecule has 0 bridgehead atoms. The summed E-state index contributed by atoms with van der Waals surface area (Å²) in [6.07, 6.45) is 62.9. The second-order valence-electron chi connectivity index (χ2n) is 19.9. The van der Waals surface area contributed by atoms with Gasteiger partial charge in [0.25, 0.3) is 7.82 Å². The van der Waals surface area contributed by atoms with Crippen molar-refractivity contribution in [3.63, 3.8) is 0 Å². The van der Waals surface area contributed by atoms with Gasteiger partial charge in [-0.2, -0.15) is 0 Å². The zero-order chi connectivity index (χ0) is 48.3. The van der Waals surface area contributed by atoms with Crippen LogP contribution in [0, 0.1) is 0 Å². The Kier molecular flexibility index (Phi) is 48.7. The standard InChI is InChI=1S/C57H108NO7P/c1-6-8-10-12-14-16-18-20-22-24-26-28-30-32-34-36-38-40-42-44-46-48-50-57(59)65-56(55-64-66(60,61)63-53-51-58(3,4)5)54-62-52-49-47-45-43-41-39-37-35-33-31-29-27-25-23-21-19-17-15-13-11-9-7-2/h9,11,15,17,21,23,27,29,56H,6-8,10,12-14,16,18-20,22,24-26,28,30-55H2,1-5H3/b11-9-,17-15-,23-21-,29-27-. The van der Waals surface area contributed by atoms with Crippen LogP contribution in [0.15, 0.2) is 48.6 Å². The highest BCUT2D eigenvalue weighted by Crippen LogP contribution is 2.38. The molecule has 0 saturated heterocycles. The number of nitrogens with zero attached hydrogens (tertiary/aromatic N) is 1. The molecule has 0 spiro atoms. The molecule has 0 saturated carbocycles. The van der Waals surface area contributed by atoms with E-state index < -0.39 is 13.9 Å². The number of quaternary nitrogens is 1. The minimum atomic E-state index is -4.53. The number of hydrogen-bond acceptors (Lipinski definition) is 7. The third-order valence-electron chi connectivity index (χ3n) is 12.1. The maximum absolute atomic E-state index is 12.8. The molecule has 0 radical (unpaired) electrons. The van der Waals surface area contributed by atoms with E-state index in [1.165, 1.54) is 173 Å². The van der Waals surface area contributed by atoms with E-state index in [1.807, 2.05) is 21.1 Å². The van der Waals surface area contributed by atoms with Crippen LogP contribution in [0.5, 0.6) is 0 Å². The number of phosphoric acid groups is 1. The van der Waals surface area contributed by atoms with Crippen LogP contribution in [0.4, 0.5) is 0 Å². The number of likely N-dealkylation sites (N-methyl/N-ethyl adjacent to an activating group) is 1. The lowest BCUT2D eigenvalue weighted by Crippen LogP contribution is -2.37. The normalized spacial score (nSPS) is 13.8. The monoisotopic (exact) mass is 950 g/mol. The van der Waals surface area contributed by atoms with Gasteiger partial charge in [0.2, 0.25) is 0 Å². The highest BCUT2D eigenvalue weighted by Gasteiger charge is 2.20. The molecule has 388 valence electrons. The molecular weight excluding hydrogens is 842 g/mol. The van der Waals surface area contributed by atoms with E-state index in [1.54, 1.807) is 0 Å².